The van der Waals surface area contributed by atoms with Gasteiger partial charge in [-0.15, -0.1) is 0 Å². The molecule has 1 aromatic carbocycles. The van der Waals surface area contributed by atoms with Crippen molar-refractivity contribution in [3.05, 3.63) is 22.7 Å². The van der Waals surface area contributed by atoms with Crippen LogP contribution in [0.3, 0.4) is 0 Å². The van der Waals surface area contributed by atoms with Gasteiger partial charge in [-0.1, -0.05) is 11.6 Å². The fourth-order valence-corrected chi connectivity index (χ4v) is 2.23. The standard InChI is InChI=1S/C14H17BClNO3/c1-13(2)14(3,4)20-15(19-13)10-7-12(18-5)11(16)6-9(10)8-17/h6-7H,1-5H3. The highest BCUT2D eigenvalue weighted by molar-refractivity contribution is 6.63. The lowest BCUT2D eigenvalue weighted by atomic mass is 9.76. The van der Waals surface area contributed by atoms with Gasteiger partial charge in [0.1, 0.15) is 5.75 Å². The van der Waals surface area contributed by atoms with E-state index in [2.05, 4.69) is 6.07 Å². The molecule has 1 aliphatic rings. The van der Waals surface area contributed by atoms with Gasteiger partial charge < -0.3 is 14.0 Å². The molecular formula is C14H17BClNO3. The number of halogens is 1. The quantitative estimate of drug-likeness (QED) is 0.786. The molecule has 6 heteroatoms. The Balaban J connectivity index is 2.47. The van der Waals surface area contributed by atoms with Gasteiger partial charge in [0, 0.05) is 5.46 Å². The Hall–Kier alpha value is -1.22. The second-order valence-corrected chi connectivity index (χ2v) is 6.18. The van der Waals surface area contributed by atoms with Gasteiger partial charge in [-0.05, 0) is 39.8 Å². The zero-order chi connectivity index (χ0) is 15.1. The lowest BCUT2D eigenvalue weighted by Crippen LogP contribution is -2.41. The van der Waals surface area contributed by atoms with E-state index in [0.717, 1.165) is 0 Å². The van der Waals surface area contributed by atoms with Crippen molar-refractivity contribution in [2.75, 3.05) is 7.11 Å². The largest absolute Gasteiger partial charge is 0.496 e. The summed E-state index contributed by atoms with van der Waals surface area (Å²) in [6, 6.07) is 5.39. The van der Waals surface area contributed by atoms with Gasteiger partial charge in [0.2, 0.25) is 0 Å². The van der Waals surface area contributed by atoms with Crippen LogP contribution in [0.25, 0.3) is 0 Å². The van der Waals surface area contributed by atoms with Crippen molar-refractivity contribution in [3.63, 3.8) is 0 Å². The predicted molar refractivity (Wildman–Crippen MR) is 78.4 cm³/mol. The van der Waals surface area contributed by atoms with Crippen molar-refractivity contribution >= 4 is 24.2 Å². The predicted octanol–water partition coefficient (Wildman–Crippen LogP) is 2.52. The summed E-state index contributed by atoms with van der Waals surface area (Å²) in [4.78, 5) is 0. The second kappa shape index (κ2) is 4.96. The van der Waals surface area contributed by atoms with E-state index < -0.39 is 18.3 Å². The molecule has 106 valence electrons. The Bertz CT molecular complexity index is 565. The normalized spacial score (nSPS) is 19.8. The van der Waals surface area contributed by atoms with Gasteiger partial charge in [0.15, 0.2) is 0 Å². The van der Waals surface area contributed by atoms with Crippen LogP contribution < -0.4 is 10.2 Å². The molecule has 20 heavy (non-hydrogen) atoms. The average Bonchev–Trinajstić information content (AvgIpc) is 2.57. The van der Waals surface area contributed by atoms with Gasteiger partial charge in [-0.2, -0.15) is 5.26 Å². The van der Waals surface area contributed by atoms with Gasteiger partial charge in [-0.3, -0.25) is 0 Å². The van der Waals surface area contributed by atoms with Crippen molar-refractivity contribution < 1.29 is 14.0 Å². The molecule has 1 saturated heterocycles. The zero-order valence-corrected chi connectivity index (χ0v) is 13.0. The van der Waals surface area contributed by atoms with E-state index in [0.29, 0.717) is 21.8 Å². The number of nitrogens with zero attached hydrogens (tertiary/aromatic N) is 1. The molecule has 0 spiro atoms. The number of benzene rings is 1. The van der Waals surface area contributed by atoms with Crippen LogP contribution in [0.15, 0.2) is 12.1 Å². The summed E-state index contributed by atoms with van der Waals surface area (Å²) in [6.07, 6.45) is 0. The van der Waals surface area contributed by atoms with Crippen LogP contribution in [-0.2, 0) is 9.31 Å². The molecule has 0 N–H and O–H groups in total. The summed E-state index contributed by atoms with van der Waals surface area (Å²) in [5.41, 5.74) is 0.135. The first-order valence-electron chi connectivity index (χ1n) is 6.35. The van der Waals surface area contributed by atoms with E-state index in [1.54, 1.807) is 12.1 Å². The fourth-order valence-electron chi connectivity index (χ4n) is 1.99. The van der Waals surface area contributed by atoms with Crippen LogP contribution in [0.2, 0.25) is 5.02 Å². The third-order valence-electron chi connectivity index (χ3n) is 3.95. The summed E-state index contributed by atoms with van der Waals surface area (Å²) < 4.78 is 17.1. The monoisotopic (exact) mass is 293 g/mol. The highest BCUT2D eigenvalue weighted by Gasteiger charge is 2.52. The molecule has 0 aromatic heterocycles. The molecule has 0 saturated carbocycles. The van der Waals surface area contributed by atoms with Crippen LogP contribution in [0.5, 0.6) is 5.75 Å². The minimum absolute atomic E-state index is 0.393. The molecule has 1 fully saturated rings. The summed E-state index contributed by atoms with van der Waals surface area (Å²) in [5.74, 6) is 0.496. The lowest BCUT2D eigenvalue weighted by molar-refractivity contribution is 0.00578. The van der Waals surface area contributed by atoms with Crippen LogP contribution in [0.4, 0.5) is 0 Å². The Morgan fingerprint density at radius 2 is 1.75 bits per heavy atom. The maximum Gasteiger partial charge on any atom is 0.496 e. The van der Waals surface area contributed by atoms with Crippen molar-refractivity contribution in [3.8, 4) is 11.8 Å². The van der Waals surface area contributed by atoms with E-state index in [9.17, 15) is 5.26 Å². The molecule has 0 atom stereocenters. The molecule has 1 aliphatic heterocycles. The minimum atomic E-state index is -0.610. The maximum absolute atomic E-state index is 9.27. The van der Waals surface area contributed by atoms with Gasteiger partial charge >= 0.3 is 7.12 Å². The SMILES string of the molecule is COc1cc(B2OC(C)(C)C(C)(C)O2)c(C#N)cc1Cl. The van der Waals surface area contributed by atoms with Gasteiger partial charge in [-0.25, -0.2) is 0 Å². The van der Waals surface area contributed by atoms with E-state index in [4.69, 9.17) is 25.6 Å². The second-order valence-electron chi connectivity index (χ2n) is 5.77. The van der Waals surface area contributed by atoms with E-state index in [1.807, 2.05) is 27.7 Å². The summed E-state index contributed by atoms with van der Waals surface area (Å²) in [7, 11) is 0.919. The smallest absolute Gasteiger partial charge is 0.495 e. The zero-order valence-electron chi connectivity index (χ0n) is 12.3. The molecular weight excluding hydrogens is 276 g/mol. The van der Waals surface area contributed by atoms with Crippen LogP contribution >= 0.6 is 11.6 Å². The molecule has 1 heterocycles. The van der Waals surface area contributed by atoms with E-state index in [-0.39, 0.29) is 0 Å². The first-order valence-corrected chi connectivity index (χ1v) is 6.73. The Kier molecular flexibility index (Phi) is 3.76. The fraction of sp³-hybridized carbons (Fsp3) is 0.500. The number of hydrogen-bond donors (Lipinski definition) is 0. The molecule has 2 rings (SSSR count). The third kappa shape index (κ3) is 2.40. The molecule has 0 amide bonds. The lowest BCUT2D eigenvalue weighted by Gasteiger charge is -2.32. The molecule has 0 aliphatic carbocycles. The molecule has 0 radical (unpaired) electrons. The first kappa shape index (κ1) is 15.2. The number of nitriles is 1. The maximum atomic E-state index is 9.27. The average molecular weight is 294 g/mol. The highest BCUT2D eigenvalue weighted by Crippen LogP contribution is 2.37. The minimum Gasteiger partial charge on any atom is -0.495 e. The van der Waals surface area contributed by atoms with Gasteiger partial charge in [0.25, 0.3) is 0 Å². The third-order valence-corrected chi connectivity index (χ3v) is 4.25. The van der Waals surface area contributed by atoms with Crippen LogP contribution in [-0.4, -0.2) is 25.4 Å². The Morgan fingerprint density at radius 1 is 1.20 bits per heavy atom. The summed E-state index contributed by atoms with van der Waals surface area (Å²) in [5, 5.41) is 9.66. The number of ether oxygens (including phenoxy) is 1. The number of methoxy groups -OCH3 is 1. The van der Waals surface area contributed by atoms with Crippen LogP contribution in [0, 0.1) is 11.3 Å². The van der Waals surface area contributed by atoms with Gasteiger partial charge in [0.05, 0.1) is 35.0 Å². The van der Waals surface area contributed by atoms with E-state index in [1.165, 1.54) is 7.11 Å². The highest BCUT2D eigenvalue weighted by atomic mass is 35.5. The van der Waals surface area contributed by atoms with Crippen molar-refractivity contribution in [1.29, 1.82) is 5.26 Å². The Labute approximate surface area is 124 Å². The van der Waals surface area contributed by atoms with Crippen molar-refractivity contribution in [2.45, 2.75) is 38.9 Å². The summed E-state index contributed by atoms with van der Waals surface area (Å²) >= 11 is 6.04. The van der Waals surface area contributed by atoms with Crippen LogP contribution in [0.1, 0.15) is 33.3 Å². The molecule has 4 nitrogen and oxygen atoms in total. The topological polar surface area (TPSA) is 51.5 Å². The van der Waals surface area contributed by atoms with Crippen molar-refractivity contribution in [1.82, 2.24) is 0 Å². The first-order chi connectivity index (χ1) is 9.21. The summed E-state index contributed by atoms with van der Waals surface area (Å²) in [6.45, 7) is 7.86. The molecule has 0 bridgehead atoms. The van der Waals surface area contributed by atoms with Crippen molar-refractivity contribution in [2.24, 2.45) is 0 Å². The molecule has 1 aromatic rings. The Morgan fingerprint density at radius 3 is 2.20 bits per heavy atom. The number of hydrogen-bond acceptors (Lipinski definition) is 4. The van der Waals surface area contributed by atoms with E-state index >= 15 is 0 Å². The number of rotatable bonds is 2. The molecule has 0 unspecified atom stereocenters.